The predicted molar refractivity (Wildman–Crippen MR) is 61.4 cm³/mol. The molecule has 2 atom stereocenters. The lowest BCUT2D eigenvalue weighted by molar-refractivity contribution is 0.0457. The maximum absolute atomic E-state index is 2.76. The van der Waals surface area contributed by atoms with E-state index in [1.54, 1.807) is 0 Å². The molecule has 0 aromatic carbocycles. The molecule has 1 aliphatic carbocycles. The van der Waals surface area contributed by atoms with Gasteiger partial charge in [-0.15, -0.1) is 0 Å². The zero-order chi connectivity index (χ0) is 10.2. The van der Waals surface area contributed by atoms with Crippen LogP contribution in [0.2, 0.25) is 0 Å². The van der Waals surface area contributed by atoms with Crippen LogP contribution in [0.1, 0.15) is 52.9 Å². The Balaban J connectivity index is 2.05. The van der Waals surface area contributed by atoms with Gasteiger partial charge in [0.25, 0.3) is 0 Å². The van der Waals surface area contributed by atoms with Gasteiger partial charge in [0.1, 0.15) is 0 Å². The van der Waals surface area contributed by atoms with Crippen molar-refractivity contribution in [1.29, 1.82) is 0 Å². The van der Waals surface area contributed by atoms with Gasteiger partial charge in [0.15, 0.2) is 0 Å². The highest BCUT2D eigenvalue weighted by Gasteiger charge is 2.39. The molecule has 2 fully saturated rings. The second-order valence-corrected chi connectivity index (χ2v) is 6.05. The molecule has 0 spiro atoms. The largest absolute Gasteiger partial charge is 0.298 e. The summed E-state index contributed by atoms with van der Waals surface area (Å²) < 4.78 is 0. The van der Waals surface area contributed by atoms with Crippen molar-refractivity contribution in [3.8, 4) is 0 Å². The fraction of sp³-hybridized carbons (Fsp3) is 1.00. The molecule has 0 amide bonds. The summed E-state index contributed by atoms with van der Waals surface area (Å²) in [6.45, 7) is 10.1. The van der Waals surface area contributed by atoms with E-state index in [1.807, 2.05) is 0 Å². The zero-order valence-electron chi connectivity index (χ0n) is 10.1. The molecule has 82 valence electrons. The van der Waals surface area contributed by atoms with Crippen LogP contribution in [0.25, 0.3) is 0 Å². The number of likely N-dealkylation sites (tertiary alicyclic amines) is 1. The van der Waals surface area contributed by atoms with Gasteiger partial charge >= 0.3 is 0 Å². The monoisotopic (exact) mass is 195 g/mol. The van der Waals surface area contributed by atoms with Crippen molar-refractivity contribution >= 4 is 0 Å². The van der Waals surface area contributed by atoms with Crippen molar-refractivity contribution in [3.05, 3.63) is 0 Å². The smallest absolute Gasteiger partial charge is 0.0186 e. The Labute approximate surface area is 88.9 Å². The summed E-state index contributed by atoms with van der Waals surface area (Å²) in [6, 6.07) is 0. The second-order valence-electron chi connectivity index (χ2n) is 6.05. The van der Waals surface area contributed by atoms with E-state index >= 15 is 0 Å². The molecular formula is C13H25N. The first-order valence-corrected chi connectivity index (χ1v) is 6.35. The first-order chi connectivity index (χ1) is 6.60. The first-order valence-electron chi connectivity index (χ1n) is 6.35. The fourth-order valence-electron chi connectivity index (χ4n) is 3.95. The summed E-state index contributed by atoms with van der Waals surface area (Å²) >= 11 is 0. The molecule has 1 heterocycles. The second kappa shape index (κ2) is 3.84. The van der Waals surface area contributed by atoms with E-state index in [4.69, 9.17) is 0 Å². The van der Waals surface area contributed by atoms with Gasteiger partial charge in [-0.2, -0.15) is 0 Å². The third-order valence-electron chi connectivity index (χ3n) is 4.25. The van der Waals surface area contributed by atoms with Crippen molar-refractivity contribution in [2.45, 2.75) is 58.4 Å². The van der Waals surface area contributed by atoms with E-state index in [2.05, 4.69) is 25.7 Å². The summed E-state index contributed by atoms with van der Waals surface area (Å²) in [6.07, 6.45) is 7.16. The van der Waals surface area contributed by atoms with Gasteiger partial charge in [-0.05, 0) is 64.0 Å². The maximum Gasteiger partial charge on any atom is 0.0186 e. The number of rotatable bonds is 1. The van der Waals surface area contributed by atoms with Gasteiger partial charge in [0.05, 0.1) is 0 Å². The van der Waals surface area contributed by atoms with E-state index in [-0.39, 0.29) is 0 Å². The Kier molecular flexibility index (Phi) is 2.88. The molecule has 1 saturated heterocycles. The van der Waals surface area contributed by atoms with Crippen LogP contribution >= 0.6 is 0 Å². The summed E-state index contributed by atoms with van der Waals surface area (Å²) in [5, 5.41) is 0. The number of nitrogens with zero attached hydrogens (tertiary/aromatic N) is 1. The van der Waals surface area contributed by atoms with Crippen molar-refractivity contribution in [3.63, 3.8) is 0 Å². The summed E-state index contributed by atoms with van der Waals surface area (Å²) in [7, 11) is 0. The van der Waals surface area contributed by atoms with Gasteiger partial charge < -0.3 is 0 Å². The van der Waals surface area contributed by atoms with Crippen molar-refractivity contribution in [1.82, 2.24) is 4.90 Å². The Morgan fingerprint density at radius 2 is 1.50 bits per heavy atom. The minimum Gasteiger partial charge on any atom is -0.298 e. The molecule has 0 aromatic rings. The Hall–Kier alpha value is -0.0400. The molecule has 2 rings (SSSR count). The fourth-order valence-corrected chi connectivity index (χ4v) is 3.95. The lowest BCUT2D eigenvalue weighted by atomic mass is 9.72. The molecule has 1 saturated carbocycles. The minimum absolute atomic E-state index is 0.535. The van der Waals surface area contributed by atoms with Crippen molar-refractivity contribution in [2.24, 2.45) is 11.8 Å². The molecule has 1 nitrogen and oxygen atoms in total. The summed E-state index contributed by atoms with van der Waals surface area (Å²) in [4.78, 5) is 2.76. The SMILES string of the molecule is CC1CC(C)CC(C)(N2CCCC2)C1. The van der Waals surface area contributed by atoms with Gasteiger partial charge in [-0.25, -0.2) is 0 Å². The maximum atomic E-state index is 2.76. The molecule has 1 heteroatoms. The van der Waals surface area contributed by atoms with Crippen LogP contribution < -0.4 is 0 Å². The predicted octanol–water partition coefficient (Wildman–Crippen LogP) is 3.30. The van der Waals surface area contributed by atoms with E-state index < -0.39 is 0 Å². The topological polar surface area (TPSA) is 3.24 Å². The lowest BCUT2D eigenvalue weighted by Gasteiger charge is -2.46. The van der Waals surface area contributed by atoms with Gasteiger partial charge in [0, 0.05) is 5.54 Å². The van der Waals surface area contributed by atoms with Crippen LogP contribution in [-0.2, 0) is 0 Å². The normalized spacial score (nSPS) is 45.6. The molecule has 0 aromatic heterocycles. The van der Waals surface area contributed by atoms with Crippen LogP contribution in [0.15, 0.2) is 0 Å². The van der Waals surface area contributed by atoms with Crippen LogP contribution in [-0.4, -0.2) is 23.5 Å². The molecule has 0 radical (unpaired) electrons. The first kappa shape index (κ1) is 10.5. The Morgan fingerprint density at radius 1 is 1.00 bits per heavy atom. The van der Waals surface area contributed by atoms with Gasteiger partial charge in [-0.1, -0.05) is 13.8 Å². The average molecular weight is 195 g/mol. The van der Waals surface area contributed by atoms with Crippen LogP contribution in [0, 0.1) is 11.8 Å². The standard InChI is InChI=1S/C13H25N/c1-11-8-12(2)10-13(3,9-11)14-6-4-5-7-14/h11-12H,4-10H2,1-3H3. The molecule has 2 unspecified atom stereocenters. The third kappa shape index (κ3) is 1.98. The van der Waals surface area contributed by atoms with E-state index in [0.717, 1.165) is 11.8 Å². The zero-order valence-corrected chi connectivity index (χ0v) is 10.1. The van der Waals surface area contributed by atoms with E-state index in [1.165, 1.54) is 45.2 Å². The number of hydrogen-bond acceptors (Lipinski definition) is 1. The van der Waals surface area contributed by atoms with Gasteiger partial charge in [0.2, 0.25) is 0 Å². The van der Waals surface area contributed by atoms with Crippen LogP contribution in [0.4, 0.5) is 0 Å². The lowest BCUT2D eigenvalue weighted by Crippen LogP contribution is -2.49. The highest BCUT2D eigenvalue weighted by atomic mass is 15.2. The minimum atomic E-state index is 0.535. The molecular weight excluding hydrogens is 170 g/mol. The van der Waals surface area contributed by atoms with Crippen LogP contribution in [0.5, 0.6) is 0 Å². The van der Waals surface area contributed by atoms with Crippen molar-refractivity contribution in [2.75, 3.05) is 13.1 Å². The average Bonchev–Trinajstić information content (AvgIpc) is 2.52. The van der Waals surface area contributed by atoms with Crippen molar-refractivity contribution < 1.29 is 0 Å². The highest BCUT2D eigenvalue weighted by Crippen LogP contribution is 2.40. The third-order valence-corrected chi connectivity index (χ3v) is 4.25. The number of hydrogen-bond donors (Lipinski definition) is 0. The summed E-state index contributed by atoms with van der Waals surface area (Å²) in [5.41, 5.74) is 0.535. The summed E-state index contributed by atoms with van der Waals surface area (Å²) in [5.74, 6) is 1.87. The quantitative estimate of drug-likeness (QED) is 0.620. The van der Waals surface area contributed by atoms with Gasteiger partial charge in [-0.3, -0.25) is 4.90 Å². The molecule has 14 heavy (non-hydrogen) atoms. The molecule has 0 bridgehead atoms. The van der Waals surface area contributed by atoms with Crippen LogP contribution in [0.3, 0.4) is 0 Å². The van der Waals surface area contributed by atoms with E-state index in [9.17, 15) is 0 Å². The Bertz CT molecular complexity index is 183. The molecule has 1 aliphatic heterocycles. The Morgan fingerprint density at radius 3 is 2.00 bits per heavy atom. The molecule has 2 aliphatic rings. The highest BCUT2D eigenvalue weighted by molar-refractivity contribution is 4.94. The molecule has 0 N–H and O–H groups in total. The van der Waals surface area contributed by atoms with E-state index in [0.29, 0.717) is 5.54 Å².